The molecule has 1 aromatic carbocycles. The standard InChI is InChI=1S/C16H27NO2S/c1-7-8-17-16(14(5)20(6,18)19)15-12(3)9-11(2)10-13(15)4/h9-10,14,16-17H,7-8H2,1-6H3. The fourth-order valence-corrected chi connectivity index (χ4v) is 3.46. The highest BCUT2D eigenvalue weighted by atomic mass is 32.2. The highest BCUT2D eigenvalue weighted by Gasteiger charge is 2.29. The summed E-state index contributed by atoms with van der Waals surface area (Å²) in [4.78, 5) is 0. The van der Waals surface area contributed by atoms with Gasteiger partial charge in [-0.3, -0.25) is 0 Å². The van der Waals surface area contributed by atoms with Crippen molar-refractivity contribution in [1.29, 1.82) is 0 Å². The molecule has 2 atom stereocenters. The second-order valence-corrected chi connectivity index (χ2v) is 8.18. The van der Waals surface area contributed by atoms with Crippen molar-refractivity contribution in [2.24, 2.45) is 0 Å². The zero-order chi connectivity index (χ0) is 15.5. The Hall–Kier alpha value is -0.870. The Kier molecular flexibility index (Phi) is 5.78. The number of sulfone groups is 1. The molecule has 1 aromatic rings. The molecule has 0 aliphatic heterocycles. The number of hydrogen-bond donors (Lipinski definition) is 1. The SMILES string of the molecule is CCCNC(c1c(C)cc(C)cc1C)C(C)S(C)(=O)=O. The Bertz CT molecular complexity index is 541. The molecule has 114 valence electrons. The molecule has 0 saturated heterocycles. The van der Waals surface area contributed by atoms with E-state index in [1.54, 1.807) is 6.92 Å². The van der Waals surface area contributed by atoms with Crippen LogP contribution in [0.1, 0.15) is 48.6 Å². The van der Waals surface area contributed by atoms with Crippen molar-refractivity contribution in [3.05, 3.63) is 34.4 Å². The molecule has 0 heterocycles. The predicted octanol–water partition coefficient (Wildman–Crippen LogP) is 3.09. The molecule has 0 aromatic heterocycles. The van der Waals surface area contributed by atoms with Crippen molar-refractivity contribution in [1.82, 2.24) is 5.32 Å². The smallest absolute Gasteiger partial charge is 0.151 e. The van der Waals surface area contributed by atoms with Crippen LogP contribution in [0, 0.1) is 20.8 Å². The number of aryl methyl sites for hydroxylation is 3. The van der Waals surface area contributed by atoms with E-state index in [1.165, 1.54) is 11.8 Å². The summed E-state index contributed by atoms with van der Waals surface area (Å²) in [6, 6.07) is 4.10. The van der Waals surface area contributed by atoms with E-state index in [2.05, 4.69) is 45.1 Å². The van der Waals surface area contributed by atoms with Gasteiger partial charge in [0, 0.05) is 12.3 Å². The van der Waals surface area contributed by atoms with Crippen LogP contribution in [0.3, 0.4) is 0 Å². The largest absolute Gasteiger partial charge is 0.309 e. The summed E-state index contributed by atoms with van der Waals surface area (Å²) >= 11 is 0. The van der Waals surface area contributed by atoms with E-state index in [0.717, 1.165) is 29.7 Å². The minimum atomic E-state index is -3.09. The maximum atomic E-state index is 12.0. The third-order valence-corrected chi connectivity index (χ3v) is 5.43. The van der Waals surface area contributed by atoms with Crippen LogP contribution in [0.2, 0.25) is 0 Å². The first-order valence-corrected chi connectivity index (χ1v) is 9.14. The number of hydrogen-bond acceptors (Lipinski definition) is 3. The highest BCUT2D eigenvalue weighted by molar-refractivity contribution is 7.91. The molecule has 3 nitrogen and oxygen atoms in total. The number of benzene rings is 1. The Morgan fingerprint density at radius 2 is 1.65 bits per heavy atom. The van der Waals surface area contributed by atoms with Gasteiger partial charge in [-0.05, 0) is 57.4 Å². The van der Waals surface area contributed by atoms with Crippen LogP contribution < -0.4 is 5.32 Å². The van der Waals surface area contributed by atoms with Gasteiger partial charge in [0.2, 0.25) is 0 Å². The van der Waals surface area contributed by atoms with Crippen molar-refractivity contribution in [3.63, 3.8) is 0 Å². The van der Waals surface area contributed by atoms with Crippen LogP contribution >= 0.6 is 0 Å². The normalized spacial score (nSPS) is 15.1. The minimum absolute atomic E-state index is 0.148. The van der Waals surface area contributed by atoms with Gasteiger partial charge in [-0.25, -0.2) is 8.42 Å². The summed E-state index contributed by atoms with van der Waals surface area (Å²) < 4.78 is 23.9. The van der Waals surface area contributed by atoms with Gasteiger partial charge in [-0.2, -0.15) is 0 Å². The van der Waals surface area contributed by atoms with Crippen molar-refractivity contribution in [2.75, 3.05) is 12.8 Å². The molecule has 4 heteroatoms. The summed E-state index contributed by atoms with van der Waals surface area (Å²) in [5.41, 5.74) is 4.66. The molecule has 1 N–H and O–H groups in total. The predicted molar refractivity (Wildman–Crippen MR) is 86.0 cm³/mol. The lowest BCUT2D eigenvalue weighted by atomic mass is 9.92. The fraction of sp³-hybridized carbons (Fsp3) is 0.625. The van der Waals surface area contributed by atoms with Gasteiger partial charge in [0.25, 0.3) is 0 Å². The summed E-state index contributed by atoms with van der Waals surface area (Å²) in [6.07, 6.45) is 2.30. The quantitative estimate of drug-likeness (QED) is 0.877. The lowest BCUT2D eigenvalue weighted by Crippen LogP contribution is -2.36. The van der Waals surface area contributed by atoms with Gasteiger partial charge in [0.1, 0.15) is 0 Å². The summed E-state index contributed by atoms with van der Waals surface area (Å²) in [7, 11) is -3.09. The molecule has 0 amide bonds. The zero-order valence-electron chi connectivity index (χ0n) is 13.4. The van der Waals surface area contributed by atoms with Crippen LogP contribution in [-0.2, 0) is 9.84 Å². The van der Waals surface area contributed by atoms with Gasteiger partial charge in [0.15, 0.2) is 9.84 Å². The van der Waals surface area contributed by atoms with Crippen LogP contribution in [0.5, 0.6) is 0 Å². The average Bonchev–Trinajstić information content (AvgIpc) is 2.30. The first-order chi connectivity index (χ1) is 9.18. The summed E-state index contributed by atoms with van der Waals surface area (Å²) in [5, 5.41) is 2.98. The average molecular weight is 297 g/mol. The van der Waals surface area contributed by atoms with E-state index in [1.807, 2.05) is 0 Å². The lowest BCUT2D eigenvalue weighted by Gasteiger charge is -2.28. The van der Waals surface area contributed by atoms with E-state index in [0.29, 0.717) is 0 Å². The highest BCUT2D eigenvalue weighted by Crippen LogP contribution is 2.28. The third-order valence-electron chi connectivity index (χ3n) is 3.81. The van der Waals surface area contributed by atoms with Crippen LogP contribution in [0.25, 0.3) is 0 Å². The molecule has 0 spiro atoms. The Morgan fingerprint density at radius 1 is 1.15 bits per heavy atom. The number of rotatable bonds is 6. The maximum absolute atomic E-state index is 12.0. The zero-order valence-corrected chi connectivity index (χ0v) is 14.3. The van der Waals surface area contributed by atoms with Crippen LogP contribution in [0.15, 0.2) is 12.1 Å². The van der Waals surface area contributed by atoms with Gasteiger partial charge < -0.3 is 5.32 Å². The molecule has 0 saturated carbocycles. The van der Waals surface area contributed by atoms with E-state index in [9.17, 15) is 8.42 Å². The van der Waals surface area contributed by atoms with Crippen LogP contribution in [-0.4, -0.2) is 26.5 Å². The fourth-order valence-electron chi connectivity index (χ4n) is 2.73. The summed E-state index contributed by atoms with van der Waals surface area (Å²) in [5.74, 6) is 0. The topological polar surface area (TPSA) is 46.2 Å². The second kappa shape index (κ2) is 6.72. The van der Waals surface area contributed by atoms with Crippen molar-refractivity contribution in [2.45, 2.75) is 52.3 Å². The molecular weight excluding hydrogens is 270 g/mol. The summed E-state index contributed by atoms with van der Waals surface area (Å²) in [6.45, 7) is 10.9. The first-order valence-electron chi connectivity index (χ1n) is 7.18. The monoisotopic (exact) mass is 297 g/mol. The third kappa shape index (κ3) is 4.06. The maximum Gasteiger partial charge on any atom is 0.151 e. The lowest BCUT2D eigenvalue weighted by molar-refractivity contribution is 0.497. The van der Waals surface area contributed by atoms with Crippen molar-refractivity contribution in [3.8, 4) is 0 Å². The van der Waals surface area contributed by atoms with E-state index in [-0.39, 0.29) is 6.04 Å². The van der Waals surface area contributed by atoms with E-state index in [4.69, 9.17) is 0 Å². The van der Waals surface area contributed by atoms with Crippen LogP contribution in [0.4, 0.5) is 0 Å². The molecule has 20 heavy (non-hydrogen) atoms. The molecule has 0 fully saturated rings. The van der Waals surface area contributed by atoms with Gasteiger partial charge in [-0.1, -0.05) is 24.6 Å². The Balaban J connectivity index is 3.31. The second-order valence-electron chi connectivity index (χ2n) is 5.78. The minimum Gasteiger partial charge on any atom is -0.309 e. The van der Waals surface area contributed by atoms with Gasteiger partial charge >= 0.3 is 0 Å². The molecule has 2 unspecified atom stereocenters. The van der Waals surface area contributed by atoms with E-state index >= 15 is 0 Å². The molecular formula is C16H27NO2S. The number of nitrogens with one attached hydrogen (secondary N) is 1. The molecule has 0 aliphatic carbocycles. The molecule has 0 aliphatic rings. The van der Waals surface area contributed by atoms with Gasteiger partial charge in [0.05, 0.1) is 5.25 Å². The Labute approximate surface area is 123 Å². The molecule has 1 rings (SSSR count). The van der Waals surface area contributed by atoms with Crippen molar-refractivity contribution >= 4 is 9.84 Å². The van der Waals surface area contributed by atoms with Gasteiger partial charge in [-0.15, -0.1) is 0 Å². The Morgan fingerprint density at radius 3 is 2.05 bits per heavy atom. The molecule has 0 radical (unpaired) electrons. The first kappa shape index (κ1) is 17.2. The van der Waals surface area contributed by atoms with E-state index < -0.39 is 15.1 Å². The molecule has 0 bridgehead atoms. The van der Waals surface area contributed by atoms with Crippen molar-refractivity contribution < 1.29 is 8.42 Å².